The number of nitrogens with two attached hydrogens (primary N) is 1. The molecule has 0 spiro atoms. The Morgan fingerprint density at radius 1 is 1.36 bits per heavy atom. The van der Waals surface area contributed by atoms with Gasteiger partial charge in [-0.15, -0.1) is 0 Å². The van der Waals surface area contributed by atoms with Crippen LogP contribution in [-0.4, -0.2) is 39.0 Å². The van der Waals surface area contributed by atoms with Crippen LogP contribution in [-0.2, 0) is 17.6 Å². The summed E-state index contributed by atoms with van der Waals surface area (Å²) in [6, 6.07) is 4.65. The number of oxime groups is 1. The first-order valence-corrected chi connectivity index (χ1v) is 9.86. The molecule has 1 amide bonds. The number of amides is 1. The molecule has 2 aromatic rings. The first-order valence-electron chi connectivity index (χ1n) is 9.86. The van der Waals surface area contributed by atoms with Gasteiger partial charge in [0.2, 0.25) is 0 Å². The molecule has 33 heavy (non-hydrogen) atoms. The lowest BCUT2D eigenvalue weighted by molar-refractivity contribution is -0.143. The highest BCUT2D eigenvalue weighted by Crippen LogP contribution is 2.39. The van der Waals surface area contributed by atoms with E-state index in [0.717, 1.165) is 4.57 Å². The van der Waals surface area contributed by atoms with Gasteiger partial charge in [0.15, 0.2) is 11.4 Å². The van der Waals surface area contributed by atoms with Crippen molar-refractivity contribution in [2.24, 2.45) is 16.8 Å². The Hall–Kier alpha value is -3.78. The van der Waals surface area contributed by atoms with Crippen molar-refractivity contribution in [2.75, 3.05) is 6.61 Å². The van der Waals surface area contributed by atoms with Crippen molar-refractivity contribution in [3.05, 3.63) is 47.0 Å². The molecule has 1 aromatic heterocycles. The summed E-state index contributed by atoms with van der Waals surface area (Å²) in [4.78, 5) is 20.5. The van der Waals surface area contributed by atoms with Gasteiger partial charge in [-0.05, 0) is 38.1 Å². The molecule has 1 aromatic carbocycles. The van der Waals surface area contributed by atoms with Gasteiger partial charge in [-0.1, -0.05) is 17.0 Å². The van der Waals surface area contributed by atoms with E-state index < -0.39 is 35.0 Å². The van der Waals surface area contributed by atoms with Crippen LogP contribution >= 0.6 is 0 Å². The van der Waals surface area contributed by atoms with Crippen LogP contribution in [0.4, 0.5) is 13.2 Å². The number of nitrogens with zero attached hydrogens (tertiary/aromatic N) is 3. The number of ether oxygens (including phenoxy) is 1. The summed E-state index contributed by atoms with van der Waals surface area (Å²) in [5, 5.41) is 14.5. The minimum absolute atomic E-state index is 0.0633. The van der Waals surface area contributed by atoms with Crippen molar-refractivity contribution in [3.8, 4) is 29.0 Å². The first-order chi connectivity index (χ1) is 15.5. The van der Waals surface area contributed by atoms with Gasteiger partial charge in [0.1, 0.15) is 29.5 Å². The van der Waals surface area contributed by atoms with E-state index in [1.165, 1.54) is 19.2 Å². The number of primary amides is 1. The zero-order valence-corrected chi connectivity index (χ0v) is 17.6. The molecule has 2 atom stereocenters. The zero-order chi connectivity index (χ0) is 24.0. The van der Waals surface area contributed by atoms with Crippen LogP contribution < -0.4 is 10.5 Å². The number of rotatable bonds is 2. The molecule has 0 fully saturated rings. The van der Waals surface area contributed by atoms with Crippen LogP contribution in [0, 0.1) is 17.8 Å². The van der Waals surface area contributed by atoms with E-state index in [1.54, 1.807) is 25.1 Å². The lowest BCUT2D eigenvalue weighted by Gasteiger charge is -2.24. The Morgan fingerprint density at radius 2 is 2.12 bits per heavy atom. The van der Waals surface area contributed by atoms with Gasteiger partial charge in [0, 0.05) is 5.56 Å². The Morgan fingerprint density at radius 3 is 2.79 bits per heavy atom. The molecule has 4 rings (SSSR count). The molecular formula is C22H19F3N4O4. The van der Waals surface area contributed by atoms with E-state index in [1.807, 2.05) is 0 Å². The fourth-order valence-corrected chi connectivity index (χ4v) is 3.59. The zero-order valence-electron chi connectivity index (χ0n) is 17.6. The number of aromatic nitrogens is 2. The average Bonchev–Trinajstić information content (AvgIpc) is 3.05. The third-order valence-corrected chi connectivity index (χ3v) is 5.20. The highest BCUT2D eigenvalue weighted by Gasteiger charge is 2.42. The number of hydrogen-bond donors (Lipinski definition) is 2. The van der Waals surface area contributed by atoms with Gasteiger partial charge in [0.25, 0.3) is 5.91 Å². The number of benzene rings is 1. The van der Waals surface area contributed by atoms with E-state index in [0.29, 0.717) is 11.3 Å². The highest BCUT2D eigenvalue weighted by atomic mass is 19.4. The Kier molecular flexibility index (Phi) is 5.41. The maximum absolute atomic E-state index is 13.7. The second kappa shape index (κ2) is 7.97. The summed E-state index contributed by atoms with van der Waals surface area (Å²) in [6.45, 7) is 2.96. The summed E-state index contributed by atoms with van der Waals surface area (Å²) in [6.07, 6.45) is -1.74. The molecule has 2 unspecified atom stereocenters. The number of carbonyl (C=O) groups excluding carboxylic acids is 1. The second-order valence-electron chi connectivity index (χ2n) is 7.75. The van der Waals surface area contributed by atoms with Gasteiger partial charge in [-0.2, -0.15) is 13.2 Å². The van der Waals surface area contributed by atoms with Crippen LogP contribution in [0.3, 0.4) is 0 Å². The van der Waals surface area contributed by atoms with Crippen molar-refractivity contribution in [3.63, 3.8) is 0 Å². The molecular weight excluding hydrogens is 441 g/mol. The van der Waals surface area contributed by atoms with Crippen molar-refractivity contribution in [1.82, 2.24) is 9.55 Å². The molecule has 0 bridgehead atoms. The molecule has 3 N–H and O–H groups in total. The second-order valence-corrected chi connectivity index (χ2v) is 7.75. The van der Waals surface area contributed by atoms with E-state index >= 15 is 0 Å². The maximum Gasteiger partial charge on any atom is 0.433 e. The van der Waals surface area contributed by atoms with Crippen LogP contribution in [0.15, 0.2) is 35.2 Å². The van der Waals surface area contributed by atoms with Gasteiger partial charge >= 0.3 is 6.18 Å². The Labute approximate surface area is 186 Å². The first kappa shape index (κ1) is 22.4. The van der Waals surface area contributed by atoms with E-state index in [9.17, 15) is 23.1 Å². The van der Waals surface area contributed by atoms with E-state index in [-0.39, 0.29) is 30.3 Å². The summed E-state index contributed by atoms with van der Waals surface area (Å²) in [5.41, 5.74) is 2.22. The number of halogens is 3. The van der Waals surface area contributed by atoms with Crippen molar-refractivity contribution in [1.29, 1.82) is 0 Å². The van der Waals surface area contributed by atoms with Gasteiger partial charge in [-0.3, -0.25) is 4.79 Å². The molecule has 0 saturated heterocycles. The minimum Gasteiger partial charge on any atom is -0.491 e. The Bertz CT molecular complexity index is 1250. The number of alkyl halides is 3. The van der Waals surface area contributed by atoms with Crippen molar-refractivity contribution >= 4 is 12.1 Å². The van der Waals surface area contributed by atoms with E-state index in [2.05, 4.69) is 22.0 Å². The number of carbonyl (C=O) groups is 1. The third kappa shape index (κ3) is 4.29. The number of fused-ring (bicyclic) bond motifs is 3. The topological polar surface area (TPSA) is 112 Å². The lowest BCUT2D eigenvalue weighted by Crippen LogP contribution is -2.34. The standard InChI is InChI=1S/C22H19F3N4O4/c1-12-9-14(11-27-33-12)21(2,31)6-5-13-3-4-16-15(10-13)20-28-17(19(26)30)18(22(23,24)25)29(20)7-8-32-16/h3-4,9-11,14,31H,7-8H2,1-2H3,(H2,26,30). The molecule has 172 valence electrons. The molecule has 11 heteroatoms. The van der Waals surface area contributed by atoms with Crippen LogP contribution in [0.25, 0.3) is 11.4 Å². The summed E-state index contributed by atoms with van der Waals surface area (Å²) < 4.78 is 47.5. The predicted molar refractivity (Wildman–Crippen MR) is 111 cm³/mol. The fraction of sp³-hybridized carbons (Fsp3) is 0.318. The lowest BCUT2D eigenvalue weighted by atomic mass is 9.89. The van der Waals surface area contributed by atoms with Gasteiger partial charge in [-0.25, -0.2) is 4.98 Å². The average molecular weight is 460 g/mol. The van der Waals surface area contributed by atoms with E-state index in [4.69, 9.17) is 15.3 Å². The molecule has 0 aliphatic carbocycles. The molecule has 2 aliphatic rings. The monoisotopic (exact) mass is 460 g/mol. The van der Waals surface area contributed by atoms with Crippen molar-refractivity contribution in [2.45, 2.75) is 32.2 Å². The maximum atomic E-state index is 13.7. The Balaban J connectivity index is 1.78. The van der Waals surface area contributed by atoms with Crippen LogP contribution in [0.5, 0.6) is 5.75 Å². The summed E-state index contributed by atoms with van der Waals surface area (Å²) in [5.74, 6) is 4.50. The number of hydrogen-bond acceptors (Lipinski definition) is 6. The number of aliphatic hydroxyl groups is 1. The quantitative estimate of drug-likeness (QED) is 0.670. The smallest absolute Gasteiger partial charge is 0.433 e. The van der Waals surface area contributed by atoms with Crippen LogP contribution in [0.1, 0.15) is 35.6 Å². The van der Waals surface area contributed by atoms with Gasteiger partial charge in [0.05, 0.1) is 24.2 Å². The minimum atomic E-state index is -4.84. The molecule has 3 heterocycles. The predicted octanol–water partition coefficient (Wildman–Crippen LogP) is 2.70. The molecule has 0 saturated carbocycles. The fourth-order valence-electron chi connectivity index (χ4n) is 3.59. The molecule has 0 radical (unpaired) electrons. The van der Waals surface area contributed by atoms with Crippen LogP contribution in [0.2, 0.25) is 0 Å². The summed E-state index contributed by atoms with van der Waals surface area (Å²) >= 11 is 0. The van der Waals surface area contributed by atoms with Crippen molar-refractivity contribution < 1.29 is 32.6 Å². The molecule has 8 nitrogen and oxygen atoms in total. The normalized spacial score (nSPS) is 18.8. The third-order valence-electron chi connectivity index (χ3n) is 5.20. The largest absolute Gasteiger partial charge is 0.491 e. The number of allylic oxidation sites excluding steroid dienone is 1. The molecule has 2 aliphatic heterocycles. The SMILES string of the molecule is CC1=CC(C(C)(O)C#Cc2ccc3c(c2)-c2nc(C(N)=O)c(C(F)(F)F)n2CCO3)C=NO1. The van der Waals surface area contributed by atoms with Gasteiger partial charge < -0.3 is 25.0 Å². The number of imidazole rings is 1. The summed E-state index contributed by atoms with van der Waals surface area (Å²) in [7, 11) is 0. The highest BCUT2D eigenvalue weighted by molar-refractivity contribution is 5.93.